The Hall–Kier alpha value is -1.34. The van der Waals surface area contributed by atoms with Gasteiger partial charge in [-0.05, 0) is 44.2 Å². The van der Waals surface area contributed by atoms with Crippen LogP contribution in [0.15, 0.2) is 12.1 Å². The molecule has 1 rings (SSSR count). The second-order valence-electron chi connectivity index (χ2n) is 4.93. The van der Waals surface area contributed by atoms with Crippen molar-refractivity contribution in [3.8, 4) is 0 Å². The molecule has 0 saturated carbocycles. The van der Waals surface area contributed by atoms with E-state index in [1.54, 1.807) is 14.0 Å². The van der Waals surface area contributed by atoms with Crippen molar-refractivity contribution in [2.24, 2.45) is 0 Å². The van der Waals surface area contributed by atoms with Crippen LogP contribution in [-0.2, 0) is 0 Å². The van der Waals surface area contributed by atoms with Crippen LogP contribution in [0.5, 0.6) is 0 Å². The topological polar surface area (TPSA) is 35.5 Å². The lowest BCUT2D eigenvalue weighted by atomic mass is 10.0. The fourth-order valence-corrected chi connectivity index (χ4v) is 2.08. The van der Waals surface area contributed by atoms with E-state index in [1.807, 2.05) is 0 Å². The summed E-state index contributed by atoms with van der Waals surface area (Å²) in [6, 6.07) is 2.32. The van der Waals surface area contributed by atoms with Gasteiger partial charge >= 0.3 is 6.18 Å². The number of aliphatic hydroxyl groups excluding tert-OH is 1. The highest BCUT2D eigenvalue weighted by molar-refractivity contribution is 5.57. The molecule has 0 fully saturated rings. The molecule has 0 heterocycles. The highest BCUT2D eigenvalue weighted by Crippen LogP contribution is 2.31. The quantitative estimate of drug-likeness (QED) is 0.793. The molecule has 2 N–H and O–H groups in total. The van der Waals surface area contributed by atoms with Gasteiger partial charge in [-0.2, -0.15) is 13.2 Å². The third kappa shape index (κ3) is 4.86. The van der Waals surface area contributed by atoms with E-state index in [9.17, 15) is 17.6 Å². The van der Waals surface area contributed by atoms with E-state index in [0.717, 1.165) is 4.90 Å². The first-order valence-electron chi connectivity index (χ1n) is 6.59. The molecule has 1 aromatic rings. The van der Waals surface area contributed by atoms with Crippen LogP contribution in [0.3, 0.4) is 0 Å². The summed E-state index contributed by atoms with van der Waals surface area (Å²) in [4.78, 5) is 1.02. The molecule has 1 unspecified atom stereocenters. The summed E-state index contributed by atoms with van der Waals surface area (Å²) in [6.07, 6.45) is -4.41. The molecular weight excluding hydrogens is 288 g/mol. The number of benzene rings is 1. The zero-order valence-electron chi connectivity index (χ0n) is 12.3. The Bertz CT molecular complexity index is 477. The standard InChI is InChI=1S/C14H20F4N2O/c1-9-6-13(11(7-12(9)15)10(2)19-3)20(4-5-21)8-14(16,17)18/h6-7,10,19,21H,4-5,8H2,1-3H3. The lowest BCUT2D eigenvalue weighted by molar-refractivity contribution is -0.119. The summed E-state index contributed by atoms with van der Waals surface area (Å²) in [5.74, 6) is -0.466. The maximum atomic E-state index is 13.7. The molecule has 0 radical (unpaired) electrons. The van der Waals surface area contributed by atoms with E-state index in [0.29, 0.717) is 5.56 Å². The highest BCUT2D eigenvalue weighted by atomic mass is 19.4. The maximum Gasteiger partial charge on any atom is 0.405 e. The first-order valence-corrected chi connectivity index (χ1v) is 6.59. The van der Waals surface area contributed by atoms with Crippen molar-refractivity contribution in [1.29, 1.82) is 0 Å². The molecule has 0 saturated heterocycles. The number of rotatable bonds is 6. The molecule has 0 aromatic heterocycles. The third-order valence-corrected chi connectivity index (χ3v) is 3.29. The SMILES string of the molecule is CNC(C)c1cc(F)c(C)cc1N(CCO)CC(F)(F)F. The fourth-order valence-electron chi connectivity index (χ4n) is 2.08. The van der Waals surface area contributed by atoms with E-state index >= 15 is 0 Å². The summed E-state index contributed by atoms with van der Waals surface area (Å²) in [5.41, 5.74) is 0.975. The van der Waals surface area contributed by atoms with Gasteiger partial charge in [-0.3, -0.25) is 0 Å². The van der Waals surface area contributed by atoms with Crippen LogP contribution in [0.25, 0.3) is 0 Å². The van der Waals surface area contributed by atoms with Crippen LogP contribution in [-0.4, -0.2) is 38.0 Å². The van der Waals surface area contributed by atoms with Crippen LogP contribution in [0.2, 0.25) is 0 Å². The van der Waals surface area contributed by atoms with Crippen molar-refractivity contribution in [3.05, 3.63) is 29.1 Å². The molecule has 0 aliphatic rings. The Labute approximate surface area is 121 Å². The summed E-state index contributed by atoms with van der Waals surface area (Å²) >= 11 is 0. The number of nitrogens with zero attached hydrogens (tertiary/aromatic N) is 1. The van der Waals surface area contributed by atoms with Crippen molar-refractivity contribution in [2.45, 2.75) is 26.1 Å². The van der Waals surface area contributed by atoms with E-state index in [2.05, 4.69) is 5.32 Å². The lowest BCUT2D eigenvalue weighted by Crippen LogP contribution is -2.37. The lowest BCUT2D eigenvalue weighted by Gasteiger charge is -2.29. The number of aliphatic hydroxyl groups is 1. The first kappa shape index (κ1) is 17.7. The van der Waals surface area contributed by atoms with Gasteiger partial charge in [0.1, 0.15) is 12.4 Å². The minimum absolute atomic E-state index is 0.173. The molecule has 21 heavy (non-hydrogen) atoms. The zero-order valence-corrected chi connectivity index (χ0v) is 12.3. The number of nitrogens with one attached hydrogen (secondary N) is 1. The van der Waals surface area contributed by atoms with Crippen LogP contribution >= 0.6 is 0 Å². The van der Waals surface area contributed by atoms with E-state index in [-0.39, 0.29) is 23.8 Å². The number of alkyl halides is 3. The van der Waals surface area contributed by atoms with E-state index < -0.39 is 25.1 Å². The summed E-state index contributed by atoms with van der Waals surface area (Å²) in [5, 5.41) is 11.9. The molecule has 120 valence electrons. The number of halogens is 4. The first-order chi connectivity index (χ1) is 9.69. The number of hydrogen-bond acceptors (Lipinski definition) is 3. The summed E-state index contributed by atoms with van der Waals surface area (Å²) in [6.45, 7) is 1.45. The Kier molecular flexibility index (Phi) is 5.98. The van der Waals surface area contributed by atoms with Gasteiger partial charge in [-0.1, -0.05) is 0 Å². The average Bonchev–Trinajstić information content (AvgIpc) is 2.38. The van der Waals surface area contributed by atoms with Gasteiger partial charge in [0.25, 0.3) is 0 Å². The molecule has 0 bridgehead atoms. The summed E-state index contributed by atoms with van der Waals surface area (Å²) < 4.78 is 51.8. The fraction of sp³-hybridized carbons (Fsp3) is 0.571. The van der Waals surface area contributed by atoms with Crippen LogP contribution in [0, 0.1) is 12.7 Å². The zero-order chi connectivity index (χ0) is 16.2. The smallest absolute Gasteiger partial charge is 0.395 e. The summed E-state index contributed by atoms with van der Waals surface area (Å²) in [7, 11) is 1.65. The van der Waals surface area contributed by atoms with Crippen LogP contribution in [0.1, 0.15) is 24.1 Å². The molecule has 0 spiro atoms. The van der Waals surface area contributed by atoms with Crippen molar-refractivity contribution < 1.29 is 22.7 Å². The van der Waals surface area contributed by atoms with Crippen molar-refractivity contribution in [3.63, 3.8) is 0 Å². The van der Waals surface area contributed by atoms with Gasteiger partial charge in [0.2, 0.25) is 0 Å². The number of hydrogen-bond donors (Lipinski definition) is 2. The Morgan fingerprint density at radius 1 is 1.33 bits per heavy atom. The van der Waals surface area contributed by atoms with Crippen molar-refractivity contribution >= 4 is 5.69 Å². The van der Waals surface area contributed by atoms with Gasteiger partial charge in [0, 0.05) is 18.3 Å². The maximum absolute atomic E-state index is 13.7. The largest absolute Gasteiger partial charge is 0.405 e. The Balaban J connectivity index is 3.30. The number of aryl methyl sites for hydroxylation is 1. The molecule has 7 heteroatoms. The molecule has 0 amide bonds. The molecule has 0 aliphatic carbocycles. The normalized spacial score (nSPS) is 13.3. The minimum atomic E-state index is -4.41. The van der Waals surface area contributed by atoms with Gasteiger partial charge in [0.05, 0.1) is 6.61 Å². The second-order valence-corrected chi connectivity index (χ2v) is 4.93. The van der Waals surface area contributed by atoms with Crippen molar-refractivity contribution in [2.75, 3.05) is 31.6 Å². The predicted octanol–water partition coefficient (Wildman–Crippen LogP) is 2.78. The molecule has 1 atom stereocenters. The number of anilines is 1. The van der Waals surface area contributed by atoms with Crippen molar-refractivity contribution in [1.82, 2.24) is 5.32 Å². The van der Waals surface area contributed by atoms with Gasteiger partial charge in [0.15, 0.2) is 0 Å². The van der Waals surface area contributed by atoms with Gasteiger partial charge in [-0.15, -0.1) is 0 Å². The second kappa shape index (κ2) is 7.09. The molecule has 3 nitrogen and oxygen atoms in total. The molecule has 1 aromatic carbocycles. The Morgan fingerprint density at radius 2 is 1.95 bits per heavy atom. The predicted molar refractivity (Wildman–Crippen MR) is 74.0 cm³/mol. The van der Waals surface area contributed by atoms with Crippen LogP contribution in [0.4, 0.5) is 23.2 Å². The minimum Gasteiger partial charge on any atom is -0.395 e. The monoisotopic (exact) mass is 308 g/mol. The average molecular weight is 308 g/mol. The van der Waals surface area contributed by atoms with Gasteiger partial charge in [-0.25, -0.2) is 4.39 Å². The van der Waals surface area contributed by atoms with Crippen LogP contribution < -0.4 is 10.2 Å². The highest BCUT2D eigenvalue weighted by Gasteiger charge is 2.32. The Morgan fingerprint density at radius 3 is 2.43 bits per heavy atom. The third-order valence-electron chi connectivity index (χ3n) is 3.29. The van der Waals surface area contributed by atoms with Gasteiger partial charge < -0.3 is 15.3 Å². The molecular formula is C14H20F4N2O. The van der Waals surface area contributed by atoms with E-state index in [4.69, 9.17) is 5.11 Å². The van der Waals surface area contributed by atoms with E-state index in [1.165, 1.54) is 19.1 Å². The molecule has 0 aliphatic heterocycles.